The predicted octanol–water partition coefficient (Wildman–Crippen LogP) is 3.65. The number of nitrogens with one attached hydrogen (secondary N) is 1. The SMILES string of the molecule is Cc1ccc2ccccc2c1NC(O)c1ccccn1. The van der Waals surface area contributed by atoms with Crippen molar-refractivity contribution in [3.05, 3.63) is 72.1 Å². The summed E-state index contributed by atoms with van der Waals surface area (Å²) in [6.45, 7) is 2.03. The van der Waals surface area contributed by atoms with Crippen molar-refractivity contribution in [2.75, 3.05) is 5.32 Å². The Morgan fingerprint density at radius 1 is 1.00 bits per heavy atom. The molecule has 1 aromatic heterocycles. The fourth-order valence-corrected chi connectivity index (χ4v) is 2.32. The van der Waals surface area contributed by atoms with Gasteiger partial charge in [-0.2, -0.15) is 0 Å². The molecule has 3 nitrogen and oxygen atoms in total. The summed E-state index contributed by atoms with van der Waals surface area (Å²) in [5.74, 6) is 0. The molecule has 100 valence electrons. The molecule has 0 radical (unpaired) electrons. The van der Waals surface area contributed by atoms with Crippen LogP contribution >= 0.6 is 0 Å². The maximum absolute atomic E-state index is 10.3. The molecule has 0 amide bonds. The smallest absolute Gasteiger partial charge is 0.168 e. The number of nitrogens with zero attached hydrogens (tertiary/aromatic N) is 1. The minimum absolute atomic E-state index is 0.611. The van der Waals surface area contributed by atoms with Gasteiger partial charge in [0.15, 0.2) is 6.23 Å². The number of anilines is 1. The first-order valence-corrected chi connectivity index (χ1v) is 6.59. The van der Waals surface area contributed by atoms with Crippen LogP contribution in [0.4, 0.5) is 5.69 Å². The third kappa shape index (κ3) is 2.36. The number of rotatable bonds is 3. The Kier molecular flexibility index (Phi) is 3.35. The van der Waals surface area contributed by atoms with Gasteiger partial charge in [0.25, 0.3) is 0 Å². The van der Waals surface area contributed by atoms with E-state index in [1.807, 2.05) is 31.2 Å². The second-order valence-electron chi connectivity index (χ2n) is 4.78. The molecule has 3 rings (SSSR count). The van der Waals surface area contributed by atoms with Crippen LogP contribution in [0, 0.1) is 6.92 Å². The van der Waals surface area contributed by atoms with Crippen LogP contribution in [0.15, 0.2) is 60.8 Å². The van der Waals surface area contributed by atoms with Crippen molar-refractivity contribution in [3.8, 4) is 0 Å². The Hall–Kier alpha value is -2.39. The molecule has 3 heteroatoms. The van der Waals surface area contributed by atoms with E-state index in [1.165, 1.54) is 0 Å². The lowest BCUT2D eigenvalue weighted by Crippen LogP contribution is -2.12. The number of aliphatic hydroxyl groups is 1. The number of fused-ring (bicyclic) bond motifs is 1. The normalized spacial score (nSPS) is 12.3. The Balaban J connectivity index is 2.00. The molecule has 2 aromatic carbocycles. The summed E-state index contributed by atoms with van der Waals surface area (Å²) in [4.78, 5) is 4.17. The third-order valence-electron chi connectivity index (χ3n) is 3.39. The first-order chi connectivity index (χ1) is 9.75. The quantitative estimate of drug-likeness (QED) is 0.710. The number of aryl methyl sites for hydroxylation is 1. The molecule has 0 fully saturated rings. The zero-order valence-corrected chi connectivity index (χ0v) is 11.2. The van der Waals surface area contributed by atoms with E-state index in [-0.39, 0.29) is 0 Å². The van der Waals surface area contributed by atoms with Crippen molar-refractivity contribution >= 4 is 16.5 Å². The van der Waals surface area contributed by atoms with E-state index < -0.39 is 6.23 Å². The molecule has 20 heavy (non-hydrogen) atoms. The number of aliphatic hydroxyl groups excluding tert-OH is 1. The zero-order chi connectivity index (χ0) is 13.9. The number of benzene rings is 2. The predicted molar refractivity (Wildman–Crippen MR) is 81.5 cm³/mol. The summed E-state index contributed by atoms with van der Waals surface area (Å²) in [6.07, 6.45) is 0.858. The average Bonchev–Trinajstić information content (AvgIpc) is 2.51. The molecular formula is C17H16N2O. The summed E-state index contributed by atoms with van der Waals surface area (Å²) >= 11 is 0. The van der Waals surface area contributed by atoms with E-state index in [4.69, 9.17) is 0 Å². The Morgan fingerprint density at radius 3 is 2.60 bits per heavy atom. The molecule has 1 unspecified atom stereocenters. The molecule has 0 spiro atoms. The Labute approximate surface area is 117 Å². The van der Waals surface area contributed by atoms with Crippen LogP contribution in [0.2, 0.25) is 0 Å². The molecule has 1 atom stereocenters. The van der Waals surface area contributed by atoms with E-state index in [1.54, 1.807) is 12.3 Å². The van der Waals surface area contributed by atoms with Crippen LogP contribution < -0.4 is 5.32 Å². The van der Waals surface area contributed by atoms with Gasteiger partial charge in [-0.3, -0.25) is 4.98 Å². The van der Waals surface area contributed by atoms with Gasteiger partial charge in [0.1, 0.15) is 0 Å². The number of hydrogen-bond donors (Lipinski definition) is 2. The van der Waals surface area contributed by atoms with E-state index in [0.29, 0.717) is 5.69 Å². The van der Waals surface area contributed by atoms with Crippen LogP contribution in [-0.4, -0.2) is 10.1 Å². The molecule has 0 bridgehead atoms. The topological polar surface area (TPSA) is 45.1 Å². The van der Waals surface area contributed by atoms with E-state index in [0.717, 1.165) is 22.0 Å². The molecule has 0 saturated carbocycles. The van der Waals surface area contributed by atoms with E-state index in [2.05, 4.69) is 34.6 Å². The fraction of sp³-hybridized carbons (Fsp3) is 0.118. The molecule has 0 aliphatic heterocycles. The van der Waals surface area contributed by atoms with Gasteiger partial charge < -0.3 is 10.4 Å². The summed E-state index contributed by atoms with van der Waals surface area (Å²) < 4.78 is 0. The largest absolute Gasteiger partial charge is 0.368 e. The molecule has 2 N–H and O–H groups in total. The summed E-state index contributed by atoms with van der Waals surface area (Å²) in [5.41, 5.74) is 2.65. The average molecular weight is 264 g/mol. The van der Waals surface area contributed by atoms with Crippen LogP contribution in [0.25, 0.3) is 10.8 Å². The van der Waals surface area contributed by atoms with Crippen molar-refractivity contribution in [2.24, 2.45) is 0 Å². The second kappa shape index (κ2) is 5.31. The van der Waals surface area contributed by atoms with Crippen molar-refractivity contribution in [1.29, 1.82) is 0 Å². The minimum Gasteiger partial charge on any atom is -0.368 e. The van der Waals surface area contributed by atoms with Gasteiger partial charge in [-0.1, -0.05) is 42.5 Å². The molecule has 1 heterocycles. The van der Waals surface area contributed by atoms with Crippen molar-refractivity contribution in [2.45, 2.75) is 13.2 Å². The lowest BCUT2D eigenvalue weighted by molar-refractivity contribution is 0.203. The summed E-state index contributed by atoms with van der Waals surface area (Å²) in [7, 11) is 0. The van der Waals surface area contributed by atoms with Gasteiger partial charge in [0.05, 0.1) is 5.69 Å². The number of hydrogen-bond acceptors (Lipinski definition) is 3. The van der Waals surface area contributed by atoms with Gasteiger partial charge in [0.2, 0.25) is 0 Å². The Morgan fingerprint density at radius 2 is 1.80 bits per heavy atom. The van der Waals surface area contributed by atoms with Crippen molar-refractivity contribution < 1.29 is 5.11 Å². The lowest BCUT2D eigenvalue weighted by Gasteiger charge is -2.17. The standard InChI is InChI=1S/C17H16N2O/c1-12-9-10-13-6-2-3-7-14(13)16(12)19-17(20)15-8-4-5-11-18-15/h2-11,17,19-20H,1H3. The summed E-state index contributed by atoms with van der Waals surface area (Å²) in [6, 6.07) is 17.8. The van der Waals surface area contributed by atoms with Gasteiger partial charge in [-0.15, -0.1) is 0 Å². The first-order valence-electron chi connectivity index (χ1n) is 6.59. The van der Waals surface area contributed by atoms with Crippen LogP contribution in [0.5, 0.6) is 0 Å². The van der Waals surface area contributed by atoms with Gasteiger partial charge in [-0.25, -0.2) is 0 Å². The molecular weight excluding hydrogens is 248 g/mol. The highest BCUT2D eigenvalue weighted by Crippen LogP contribution is 2.29. The highest BCUT2D eigenvalue weighted by atomic mass is 16.3. The van der Waals surface area contributed by atoms with Gasteiger partial charge in [-0.05, 0) is 30.0 Å². The molecule has 0 saturated heterocycles. The fourth-order valence-electron chi connectivity index (χ4n) is 2.32. The zero-order valence-electron chi connectivity index (χ0n) is 11.2. The van der Waals surface area contributed by atoms with Crippen LogP contribution in [0.3, 0.4) is 0 Å². The van der Waals surface area contributed by atoms with E-state index >= 15 is 0 Å². The maximum atomic E-state index is 10.3. The van der Waals surface area contributed by atoms with Gasteiger partial charge in [0, 0.05) is 17.3 Å². The van der Waals surface area contributed by atoms with Gasteiger partial charge >= 0.3 is 0 Å². The first kappa shape index (κ1) is 12.6. The van der Waals surface area contributed by atoms with Crippen molar-refractivity contribution in [3.63, 3.8) is 0 Å². The minimum atomic E-state index is -0.819. The van der Waals surface area contributed by atoms with E-state index in [9.17, 15) is 5.11 Å². The lowest BCUT2D eigenvalue weighted by atomic mass is 10.0. The highest BCUT2D eigenvalue weighted by Gasteiger charge is 2.11. The summed E-state index contributed by atoms with van der Waals surface area (Å²) in [5, 5.41) is 15.7. The second-order valence-corrected chi connectivity index (χ2v) is 4.78. The monoisotopic (exact) mass is 264 g/mol. The highest BCUT2D eigenvalue weighted by molar-refractivity contribution is 5.95. The maximum Gasteiger partial charge on any atom is 0.168 e. The Bertz CT molecular complexity index is 725. The number of aromatic nitrogens is 1. The van der Waals surface area contributed by atoms with Crippen LogP contribution in [-0.2, 0) is 0 Å². The van der Waals surface area contributed by atoms with Crippen LogP contribution in [0.1, 0.15) is 17.5 Å². The molecule has 3 aromatic rings. The third-order valence-corrected chi connectivity index (χ3v) is 3.39. The molecule has 0 aliphatic carbocycles. The molecule has 0 aliphatic rings. The number of pyridine rings is 1. The van der Waals surface area contributed by atoms with Crippen molar-refractivity contribution in [1.82, 2.24) is 4.98 Å².